The van der Waals surface area contributed by atoms with Crippen LogP contribution in [0, 0.1) is 6.92 Å². The molecule has 9 heteroatoms. The maximum absolute atomic E-state index is 12.9. The molecule has 0 atom stereocenters. The number of ether oxygens (including phenoxy) is 1. The number of aryl methyl sites for hydroxylation is 2. The molecule has 0 aliphatic rings. The highest BCUT2D eigenvalue weighted by atomic mass is 32.2. The number of rotatable bonds is 12. The van der Waals surface area contributed by atoms with Crippen LogP contribution in [-0.4, -0.2) is 68.6 Å². The predicted molar refractivity (Wildman–Crippen MR) is 135 cm³/mol. The minimum absolute atomic E-state index is 0.191. The van der Waals surface area contributed by atoms with E-state index in [1.165, 1.54) is 0 Å². The Hall–Kier alpha value is -2.36. The van der Waals surface area contributed by atoms with Gasteiger partial charge in [-0.05, 0) is 70.6 Å². The van der Waals surface area contributed by atoms with Gasteiger partial charge in [0.25, 0.3) is 5.56 Å². The molecule has 2 aromatic heterocycles. The Kier molecular flexibility index (Phi) is 8.94. The van der Waals surface area contributed by atoms with Crippen LogP contribution in [0.25, 0.3) is 16.9 Å². The fourth-order valence-corrected chi connectivity index (χ4v) is 4.66. The Morgan fingerprint density at radius 1 is 1.15 bits per heavy atom. The van der Waals surface area contributed by atoms with Gasteiger partial charge in [0.1, 0.15) is 11.6 Å². The molecule has 0 aliphatic heterocycles. The lowest BCUT2D eigenvalue weighted by atomic mass is 10.2. The summed E-state index contributed by atoms with van der Waals surface area (Å²) in [4.78, 5) is 23.9. The standard InChI is InChI=1S/C24H36N6O2S/c1-7-11-21-25-17(5)22-24(31)26-23(27-30(21)22)19-16-18(12-13-20(19)32-10-4)33-28(6)14-15-29(8-2)9-3/h12-13,16H,7-11,14-15H2,1-6H3,(H,26,27,31). The molecule has 2 heterocycles. The Labute approximate surface area is 200 Å². The Morgan fingerprint density at radius 2 is 1.91 bits per heavy atom. The number of nitrogens with zero attached hydrogens (tertiary/aromatic N) is 5. The number of nitrogens with one attached hydrogen (secondary N) is 1. The van der Waals surface area contributed by atoms with Gasteiger partial charge in [-0.15, -0.1) is 5.10 Å². The fourth-order valence-electron chi connectivity index (χ4n) is 3.82. The van der Waals surface area contributed by atoms with Crippen molar-refractivity contribution >= 4 is 17.5 Å². The van der Waals surface area contributed by atoms with Crippen LogP contribution in [0.15, 0.2) is 27.9 Å². The van der Waals surface area contributed by atoms with Crippen LogP contribution in [0.2, 0.25) is 0 Å². The van der Waals surface area contributed by atoms with Crippen molar-refractivity contribution in [2.75, 3.05) is 39.8 Å². The third-order valence-corrected chi connectivity index (χ3v) is 6.57. The molecule has 3 aromatic rings. The molecule has 8 nitrogen and oxygen atoms in total. The number of hydrogen-bond acceptors (Lipinski definition) is 7. The second kappa shape index (κ2) is 11.7. The highest BCUT2D eigenvalue weighted by Crippen LogP contribution is 2.33. The first-order valence-corrected chi connectivity index (χ1v) is 12.6. The molecule has 1 N–H and O–H groups in total. The number of likely N-dealkylation sites (N-methyl/N-ethyl adjacent to an activating group) is 2. The van der Waals surface area contributed by atoms with Gasteiger partial charge in [0.05, 0.1) is 17.9 Å². The van der Waals surface area contributed by atoms with E-state index in [2.05, 4.69) is 47.0 Å². The summed E-state index contributed by atoms with van der Waals surface area (Å²) < 4.78 is 9.80. The highest BCUT2D eigenvalue weighted by Gasteiger charge is 2.17. The Bertz CT molecular complexity index is 1120. The quantitative estimate of drug-likeness (QED) is 0.399. The van der Waals surface area contributed by atoms with E-state index in [0.29, 0.717) is 29.4 Å². The number of H-pyrrole nitrogens is 1. The van der Waals surface area contributed by atoms with Crippen molar-refractivity contribution in [3.05, 3.63) is 40.1 Å². The molecule has 3 rings (SSSR count). The van der Waals surface area contributed by atoms with E-state index in [4.69, 9.17) is 9.84 Å². The number of benzene rings is 1. The maximum Gasteiger partial charge on any atom is 0.277 e. The maximum atomic E-state index is 12.9. The van der Waals surface area contributed by atoms with E-state index in [1.54, 1.807) is 16.5 Å². The van der Waals surface area contributed by atoms with Crippen molar-refractivity contribution in [2.45, 2.75) is 52.4 Å². The largest absolute Gasteiger partial charge is 0.493 e. The minimum atomic E-state index is -0.191. The molecular formula is C24H36N6O2S. The lowest BCUT2D eigenvalue weighted by Crippen LogP contribution is -2.30. The Morgan fingerprint density at radius 3 is 2.58 bits per heavy atom. The van der Waals surface area contributed by atoms with Gasteiger partial charge in [0.15, 0.2) is 11.3 Å². The van der Waals surface area contributed by atoms with E-state index in [9.17, 15) is 4.79 Å². The van der Waals surface area contributed by atoms with Crippen molar-refractivity contribution < 1.29 is 4.74 Å². The second-order valence-corrected chi connectivity index (χ2v) is 9.26. The van der Waals surface area contributed by atoms with E-state index >= 15 is 0 Å². The van der Waals surface area contributed by atoms with Crippen molar-refractivity contribution in [1.82, 2.24) is 28.8 Å². The average molecular weight is 473 g/mol. The van der Waals surface area contributed by atoms with Crippen LogP contribution in [0.3, 0.4) is 0 Å². The Balaban J connectivity index is 1.96. The lowest BCUT2D eigenvalue weighted by molar-refractivity contribution is 0.287. The highest BCUT2D eigenvalue weighted by molar-refractivity contribution is 7.97. The SMILES string of the molecule is CCCc1nc(C)c2c(=O)[nH]c(-c3cc(SN(C)CCN(CC)CC)ccc3OCC)nn12. The van der Waals surface area contributed by atoms with Gasteiger partial charge in [-0.1, -0.05) is 20.8 Å². The van der Waals surface area contributed by atoms with Crippen LogP contribution in [0.1, 0.15) is 45.6 Å². The number of aromatic nitrogens is 4. The number of fused-ring (bicyclic) bond motifs is 1. The van der Waals surface area contributed by atoms with Gasteiger partial charge in [0.2, 0.25) is 0 Å². The first kappa shape index (κ1) is 25.3. The topological polar surface area (TPSA) is 78.8 Å². The molecule has 0 unspecified atom stereocenters. The van der Waals surface area contributed by atoms with Crippen molar-refractivity contribution in [2.24, 2.45) is 0 Å². The summed E-state index contributed by atoms with van der Waals surface area (Å²) in [6.07, 6.45) is 1.69. The van der Waals surface area contributed by atoms with Gasteiger partial charge in [0, 0.05) is 24.4 Å². The number of aromatic amines is 1. The first-order chi connectivity index (χ1) is 15.9. The number of hydrogen-bond donors (Lipinski definition) is 1. The fraction of sp³-hybridized carbons (Fsp3) is 0.542. The summed E-state index contributed by atoms with van der Waals surface area (Å²) in [6, 6.07) is 6.04. The van der Waals surface area contributed by atoms with Gasteiger partial charge < -0.3 is 14.6 Å². The molecule has 0 bridgehead atoms. The predicted octanol–water partition coefficient (Wildman–Crippen LogP) is 4.02. The van der Waals surface area contributed by atoms with Crippen LogP contribution >= 0.6 is 11.9 Å². The molecule has 33 heavy (non-hydrogen) atoms. The normalized spacial score (nSPS) is 11.8. The molecular weight excluding hydrogens is 436 g/mol. The van der Waals surface area contributed by atoms with E-state index in [0.717, 1.165) is 55.3 Å². The zero-order valence-corrected chi connectivity index (χ0v) is 21.5. The zero-order chi connectivity index (χ0) is 24.0. The van der Waals surface area contributed by atoms with Crippen molar-refractivity contribution in [1.29, 1.82) is 0 Å². The summed E-state index contributed by atoms with van der Waals surface area (Å²) in [5.74, 6) is 1.99. The molecule has 0 aliphatic carbocycles. The average Bonchev–Trinajstić information content (AvgIpc) is 3.11. The van der Waals surface area contributed by atoms with E-state index in [1.807, 2.05) is 32.0 Å². The van der Waals surface area contributed by atoms with Crippen LogP contribution < -0.4 is 10.3 Å². The molecule has 0 saturated heterocycles. The smallest absolute Gasteiger partial charge is 0.277 e. The van der Waals surface area contributed by atoms with E-state index in [-0.39, 0.29) is 5.56 Å². The van der Waals surface area contributed by atoms with Crippen LogP contribution in [-0.2, 0) is 6.42 Å². The summed E-state index contributed by atoms with van der Waals surface area (Å²) >= 11 is 1.68. The third kappa shape index (κ3) is 5.96. The molecule has 180 valence electrons. The minimum Gasteiger partial charge on any atom is -0.493 e. The zero-order valence-electron chi connectivity index (χ0n) is 20.6. The van der Waals surface area contributed by atoms with Gasteiger partial charge in [-0.25, -0.2) is 13.8 Å². The van der Waals surface area contributed by atoms with Gasteiger partial charge in [-0.2, -0.15) is 0 Å². The lowest BCUT2D eigenvalue weighted by Gasteiger charge is -2.22. The molecule has 0 spiro atoms. The summed E-state index contributed by atoms with van der Waals surface area (Å²) in [7, 11) is 2.10. The van der Waals surface area contributed by atoms with Crippen LogP contribution in [0.5, 0.6) is 5.75 Å². The summed E-state index contributed by atoms with van der Waals surface area (Å²) in [5.41, 5.74) is 1.78. The number of imidazole rings is 1. The van der Waals surface area contributed by atoms with E-state index < -0.39 is 0 Å². The molecule has 0 amide bonds. The third-order valence-electron chi connectivity index (χ3n) is 5.61. The van der Waals surface area contributed by atoms with Gasteiger partial charge >= 0.3 is 0 Å². The molecule has 0 radical (unpaired) electrons. The molecule has 1 aromatic carbocycles. The van der Waals surface area contributed by atoms with Crippen molar-refractivity contribution in [3.8, 4) is 17.1 Å². The monoisotopic (exact) mass is 472 g/mol. The molecule has 0 fully saturated rings. The first-order valence-electron chi connectivity index (χ1n) is 11.8. The second-order valence-electron chi connectivity index (χ2n) is 7.99. The van der Waals surface area contributed by atoms with Crippen LogP contribution in [0.4, 0.5) is 0 Å². The summed E-state index contributed by atoms with van der Waals surface area (Å²) in [5, 5.41) is 4.78. The van der Waals surface area contributed by atoms with Crippen molar-refractivity contribution in [3.63, 3.8) is 0 Å². The van der Waals surface area contributed by atoms with Gasteiger partial charge in [-0.3, -0.25) is 4.79 Å². The molecule has 0 saturated carbocycles. The summed E-state index contributed by atoms with van der Waals surface area (Å²) in [6.45, 7) is 14.9.